The van der Waals surface area contributed by atoms with Gasteiger partial charge in [-0.15, -0.1) is 11.3 Å². The van der Waals surface area contributed by atoms with Gasteiger partial charge in [-0.3, -0.25) is 9.59 Å². The average molecular weight is 500 g/mol. The van der Waals surface area contributed by atoms with Gasteiger partial charge in [0.25, 0.3) is 11.5 Å². The predicted molar refractivity (Wildman–Crippen MR) is 137 cm³/mol. The number of hydrogen-bond acceptors (Lipinski definition) is 7. The maximum absolute atomic E-state index is 13.6. The van der Waals surface area contributed by atoms with E-state index in [1.807, 2.05) is 18.2 Å². The first-order valence-electron chi connectivity index (χ1n) is 12.2. The Kier molecular flexibility index (Phi) is 5.94. The van der Waals surface area contributed by atoms with Crippen molar-refractivity contribution in [1.82, 2.24) is 19.9 Å². The number of fused-ring (bicyclic) bond motifs is 3. The van der Waals surface area contributed by atoms with Crippen molar-refractivity contribution in [3.8, 4) is 11.3 Å². The number of anilines is 1. The van der Waals surface area contributed by atoms with E-state index >= 15 is 0 Å². The number of aryl methyl sites for hydroxylation is 1. The van der Waals surface area contributed by atoms with Gasteiger partial charge in [-0.1, -0.05) is 12.1 Å². The van der Waals surface area contributed by atoms with E-state index in [1.165, 1.54) is 35.2 Å². The number of carbonyl (C=O) groups excluding carboxylic acids is 1. The molecule has 0 bridgehead atoms. The Labute approximate surface area is 211 Å². The molecular weight excluding hydrogens is 474 g/mol. The van der Waals surface area contributed by atoms with Crippen LogP contribution in [0.15, 0.2) is 47.8 Å². The number of H-pyrrole nitrogens is 1. The molecule has 0 radical (unpaired) electrons. The topological polar surface area (TPSA) is 112 Å². The van der Waals surface area contributed by atoms with Crippen LogP contribution in [0.25, 0.3) is 11.3 Å². The lowest BCUT2D eigenvalue weighted by Gasteiger charge is -2.30. The van der Waals surface area contributed by atoms with E-state index in [0.717, 1.165) is 24.1 Å². The van der Waals surface area contributed by atoms with Crippen LogP contribution in [0.1, 0.15) is 55.5 Å². The van der Waals surface area contributed by atoms with Crippen molar-refractivity contribution in [1.29, 1.82) is 0 Å². The normalized spacial score (nSPS) is 15.0. The van der Waals surface area contributed by atoms with Crippen molar-refractivity contribution < 1.29 is 9.90 Å². The molecule has 2 N–H and O–H groups in total. The fraction of sp³-hybridized carbons (Fsp3) is 0.296. The van der Waals surface area contributed by atoms with Crippen LogP contribution in [0.3, 0.4) is 0 Å². The van der Waals surface area contributed by atoms with Crippen LogP contribution >= 0.6 is 11.3 Å². The van der Waals surface area contributed by atoms with Gasteiger partial charge in [0, 0.05) is 47.1 Å². The zero-order valence-corrected chi connectivity index (χ0v) is 20.5. The SMILES string of the molecule is O=C1c2sc3c(c2CCN1c1cccc(-c2c[nH]c(=O)c(Cc4ccncn4)n2)c1CO)CCCC3. The highest BCUT2D eigenvalue weighted by Crippen LogP contribution is 2.40. The molecule has 2 aliphatic rings. The monoisotopic (exact) mass is 499 g/mol. The number of rotatable bonds is 5. The first-order chi connectivity index (χ1) is 17.6. The highest BCUT2D eigenvalue weighted by atomic mass is 32.1. The summed E-state index contributed by atoms with van der Waals surface area (Å²) in [6.07, 6.45) is 10.2. The van der Waals surface area contributed by atoms with Crippen LogP contribution in [-0.2, 0) is 32.3 Å². The fourth-order valence-electron chi connectivity index (χ4n) is 5.28. The lowest BCUT2D eigenvalue weighted by atomic mass is 9.91. The first-order valence-corrected chi connectivity index (χ1v) is 13.0. The van der Waals surface area contributed by atoms with Gasteiger partial charge < -0.3 is 15.0 Å². The average Bonchev–Trinajstić information content (AvgIpc) is 3.30. The molecule has 1 aliphatic heterocycles. The molecule has 1 aromatic carbocycles. The van der Waals surface area contributed by atoms with Crippen LogP contribution in [0, 0.1) is 0 Å². The van der Waals surface area contributed by atoms with Gasteiger partial charge in [-0.2, -0.15) is 0 Å². The number of aromatic amines is 1. The summed E-state index contributed by atoms with van der Waals surface area (Å²) in [6, 6.07) is 7.34. The summed E-state index contributed by atoms with van der Waals surface area (Å²) in [4.78, 5) is 45.6. The molecule has 0 spiro atoms. The van der Waals surface area contributed by atoms with Crippen LogP contribution in [0.4, 0.5) is 5.69 Å². The Hall–Kier alpha value is -3.69. The molecule has 4 heterocycles. The molecule has 0 saturated heterocycles. The third kappa shape index (κ3) is 3.94. The van der Waals surface area contributed by atoms with Crippen molar-refractivity contribution in [2.24, 2.45) is 0 Å². The van der Waals surface area contributed by atoms with E-state index in [1.54, 1.807) is 34.7 Å². The van der Waals surface area contributed by atoms with Crippen molar-refractivity contribution in [2.75, 3.05) is 11.4 Å². The lowest BCUT2D eigenvalue weighted by molar-refractivity contribution is 0.0984. The summed E-state index contributed by atoms with van der Waals surface area (Å²) in [5.74, 6) is 0.00128. The molecule has 182 valence electrons. The van der Waals surface area contributed by atoms with Gasteiger partial charge in [-0.05, 0) is 55.4 Å². The standard InChI is InChI=1S/C27H25N5O3S/c33-14-20-17(22-13-29-26(34)21(31-22)12-16-8-10-28-15-30-16)5-3-6-23(20)32-11-9-19-18-4-1-2-7-24(18)36-25(19)27(32)35/h3,5-6,8,10,13,15,33H,1-2,4,7,9,11-12,14H2,(H,29,34). The van der Waals surface area contributed by atoms with Crippen molar-refractivity contribution in [3.05, 3.63) is 91.2 Å². The number of hydrogen-bond donors (Lipinski definition) is 2. The van der Waals surface area contributed by atoms with E-state index in [-0.39, 0.29) is 24.5 Å². The third-order valence-corrected chi connectivity index (χ3v) is 8.35. The van der Waals surface area contributed by atoms with Crippen LogP contribution in [0.2, 0.25) is 0 Å². The van der Waals surface area contributed by atoms with Crippen molar-refractivity contribution in [3.63, 3.8) is 0 Å². The van der Waals surface area contributed by atoms with Gasteiger partial charge in [0.05, 0.1) is 22.9 Å². The maximum Gasteiger partial charge on any atom is 0.270 e. The van der Waals surface area contributed by atoms with E-state index in [9.17, 15) is 14.7 Å². The minimum atomic E-state index is -0.292. The molecule has 0 saturated carbocycles. The lowest BCUT2D eigenvalue weighted by Crippen LogP contribution is -2.37. The molecule has 8 nitrogen and oxygen atoms in total. The molecule has 4 aromatic rings. The molecule has 0 unspecified atom stereocenters. The Morgan fingerprint density at radius 3 is 2.81 bits per heavy atom. The predicted octanol–water partition coefficient (Wildman–Crippen LogP) is 3.45. The van der Waals surface area contributed by atoms with Crippen LogP contribution < -0.4 is 10.5 Å². The Morgan fingerprint density at radius 2 is 1.97 bits per heavy atom. The number of nitrogens with zero attached hydrogens (tertiary/aromatic N) is 4. The second-order valence-electron chi connectivity index (χ2n) is 9.13. The summed E-state index contributed by atoms with van der Waals surface area (Å²) in [5.41, 5.74) is 5.85. The molecule has 0 fully saturated rings. The number of aliphatic hydroxyl groups excluding tert-OH is 1. The van der Waals surface area contributed by atoms with E-state index in [4.69, 9.17) is 0 Å². The fourth-order valence-corrected chi connectivity index (χ4v) is 6.66. The number of amides is 1. The highest BCUT2D eigenvalue weighted by molar-refractivity contribution is 7.14. The van der Waals surface area contributed by atoms with E-state index < -0.39 is 0 Å². The molecule has 36 heavy (non-hydrogen) atoms. The number of aromatic nitrogens is 4. The summed E-state index contributed by atoms with van der Waals surface area (Å²) >= 11 is 1.65. The summed E-state index contributed by atoms with van der Waals surface area (Å²) in [6.45, 7) is 0.314. The summed E-state index contributed by atoms with van der Waals surface area (Å²) in [5, 5.41) is 10.4. The molecule has 1 amide bonds. The smallest absolute Gasteiger partial charge is 0.270 e. The van der Waals surface area contributed by atoms with Gasteiger partial charge in [-0.25, -0.2) is 15.0 Å². The van der Waals surface area contributed by atoms with E-state index in [2.05, 4.69) is 19.9 Å². The minimum absolute atomic E-state index is 0.00128. The van der Waals surface area contributed by atoms with Gasteiger partial charge in [0.15, 0.2) is 0 Å². The molecule has 6 rings (SSSR count). The molecule has 3 aromatic heterocycles. The summed E-state index contributed by atoms with van der Waals surface area (Å²) < 4.78 is 0. The van der Waals surface area contributed by atoms with Crippen molar-refractivity contribution >= 4 is 22.9 Å². The van der Waals surface area contributed by atoms with Crippen LogP contribution in [0.5, 0.6) is 0 Å². The largest absolute Gasteiger partial charge is 0.392 e. The van der Waals surface area contributed by atoms with Gasteiger partial charge >= 0.3 is 0 Å². The Balaban J connectivity index is 1.37. The van der Waals surface area contributed by atoms with E-state index in [0.29, 0.717) is 40.4 Å². The number of thiophene rings is 1. The zero-order chi connectivity index (χ0) is 24.6. The second-order valence-corrected chi connectivity index (χ2v) is 10.2. The zero-order valence-electron chi connectivity index (χ0n) is 19.7. The Morgan fingerprint density at radius 1 is 1.08 bits per heavy atom. The quantitative estimate of drug-likeness (QED) is 0.435. The molecule has 9 heteroatoms. The first kappa shape index (κ1) is 22.8. The third-order valence-electron chi connectivity index (χ3n) is 7.03. The number of carbonyl (C=O) groups is 1. The van der Waals surface area contributed by atoms with Gasteiger partial charge in [0.1, 0.15) is 12.0 Å². The Bertz CT molecular complexity index is 1510. The summed E-state index contributed by atoms with van der Waals surface area (Å²) in [7, 11) is 0. The van der Waals surface area contributed by atoms with Crippen LogP contribution in [-0.4, -0.2) is 37.5 Å². The minimum Gasteiger partial charge on any atom is -0.392 e. The number of aliphatic hydroxyl groups is 1. The molecular formula is C27H25N5O3S. The number of benzene rings is 1. The molecule has 1 aliphatic carbocycles. The highest BCUT2D eigenvalue weighted by Gasteiger charge is 2.33. The molecule has 0 atom stereocenters. The number of nitrogens with one attached hydrogen (secondary N) is 1. The second kappa shape index (κ2) is 9.40. The van der Waals surface area contributed by atoms with Crippen molar-refractivity contribution in [2.45, 2.75) is 45.1 Å². The maximum atomic E-state index is 13.6. The van der Waals surface area contributed by atoms with Gasteiger partial charge in [0.2, 0.25) is 0 Å².